The van der Waals surface area contributed by atoms with E-state index < -0.39 is 0 Å². The van der Waals surface area contributed by atoms with Crippen molar-refractivity contribution in [2.24, 2.45) is 0 Å². The summed E-state index contributed by atoms with van der Waals surface area (Å²) in [7, 11) is 0. The van der Waals surface area contributed by atoms with E-state index in [1.807, 2.05) is 73.7 Å². The second-order valence-electron chi connectivity index (χ2n) is 6.11. The summed E-state index contributed by atoms with van der Waals surface area (Å²) in [6.07, 6.45) is 0.402. The summed E-state index contributed by atoms with van der Waals surface area (Å²) >= 11 is 3.50. The smallest absolute Gasteiger partial charge is 0.165 e. The van der Waals surface area contributed by atoms with Gasteiger partial charge in [-0.15, -0.1) is 0 Å². The normalized spacial score (nSPS) is 11.8. The van der Waals surface area contributed by atoms with Gasteiger partial charge in [-0.25, -0.2) is 0 Å². The summed E-state index contributed by atoms with van der Waals surface area (Å²) in [4.78, 5) is 12.7. The van der Waals surface area contributed by atoms with Crippen molar-refractivity contribution < 1.29 is 4.79 Å². The number of aryl methyl sites for hydroxylation is 1. The van der Waals surface area contributed by atoms with Gasteiger partial charge in [0, 0.05) is 22.1 Å². The molecule has 0 fully saturated rings. The van der Waals surface area contributed by atoms with Gasteiger partial charge in [0.15, 0.2) is 5.78 Å². The lowest BCUT2D eigenvalue weighted by Crippen LogP contribution is -2.15. The Labute approximate surface area is 157 Å². The minimum absolute atomic E-state index is 0.0793. The number of carbonyl (C=O) groups is 1. The first kappa shape index (κ1) is 17.4. The minimum Gasteiger partial charge on any atom is -0.378 e. The largest absolute Gasteiger partial charge is 0.378 e. The Hall–Kier alpha value is -2.39. The fourth-order valence-electron chi connectivity index (χ4n) is 2.76. The van der Waals surface area contributed by atoms with Crippen molar-refractivity contribution in [3.8, 4) is 0 Å². The van der Waals surface area contributed by atoms with Crippen LogP contribution in [0, 0.1) is 6.92 Å². The van der Waals surface area contributed by atoms with E-state index in [0.717, 1.165) is 26.9 Å². The number of rotatable bonds is 6. The second kappa shape index (κ2) is 8.13. The van der Waals surface area contributed by atoms with Gasteiger partial charge >= 0.3 is 0 Å². The minimum atomic E-state index is -0.0793. The van der Waals surface area contributed by atoms with Crippen LogP contribution in [0.15, 0.2) is 83.3 Å². The average molecular weight is 394 g/mol. The molecule has 0 heterocycles. The van der Waals surface area contributed by atoms with Gasteiger partial charge < -0.3 is 5.32 Å². The fourth-order valence-corrected chi connectivity index (χ4v) is 3.16. The molecule has 0 amide bonds. The van der Waals surface area contributed by atoms with Crippen LogP contribution >= 0.6 is 15.9 Å². The van der Waals surface area contributed by atoms with E-state index in [1.54, 1.807) is 0 Å². The Bertz CT molecular complexity index is 843. The van der Waals surface area contributed by atoms with Gasteiger partial charge in [0.25, 0.3) is 0 Å². The van der Waals surface area contributed by atoms with Crippen LogP contribution in [-0.4, -0.2) is 5.78 Å². The highest BCUT2D eigenvalue weighted by Crippen LogP contribution is 2.26. The number of anilines is 1. The van der Waals surface area contributed by atoms with Crippen molar-refractivity contribution in [2.45, 2.75) is 19.4 Å². The lowest BCUT2D eigenvalue weighted by Gasteiger charge is -2.20. The zero-order valence-electron chi connectivity index (χ0n) is 14.1. The van der Waals surface area contributed by atoms with Crippen LogP contribution in [0.2, 0.25) is 0 Å². The average Bonchev–Trinajstić information content (AvgIpc) is 2.62. The van der Waals surface area contributed by atoms with Crippen LogP contribution in [-0.2, 0) is 0 Å². The van der Waals surface area contributed by atoms with E-state index >= 15 is 0 Å². The molecule has 0 saturated carbocycles. The number of benzene rings is 3. The topological polar surface area (TPSA) is 29.1 Å². The third-order valence-corrected chi connectivity index (χ3v) is 4.62. The van der Waals surface area contributed by atoms with E-state index in [4.69, 9.17) is 0 Å². The summed E-state index contributed by atoms with van der Waals surface area (Å²) in [5.74, 6) is 0.136. The molecule has 126 valence electrons. The van der Waals surface area contributed by atoms with Crippen LogP contribution in [0.4, 0.5) is 5.69 Å². The van der Waals surface area contributed by atoms with Crippen LogP contribution in [0.5, 0.6) is 0 Å². The molecule has 0 aliphatic carbocycles. The van der Waals surface area contributed by atoms with Crippen molar-refractivity contribution in [3.63, 3.8) is 0 Å². The van der Waals surface area contributed by atoms with Gasteiger partial charge in [0.2, 0.25) is 0 Å². The standard InChI is InChI=1S/C22H20BrNO/c1-16-10-12-18(13-11-16)22(25)15-21(17-6-3-2-4-7-17)24-20-9-5-8-19(23)14-20/h2-14,21,24H,15H2,1H3. The Morgan fingerprint density at radius 2 is 1.68 bits per heavy atom. The maximum Gasteiger partial charge on any atom is 0.165 e. The molecule has 0 radical (unpaired) electrons. The molecule has 3 heteroatoms. The molecule has 0 saturated heterocycles. The highest BCUT2D eigenvalue weighted by atomic mass is 79.9. The van der Waals surface area contributed by atoms with Gasteiger partial charge in [0.1, 0.15) is 0 Å². The number of hydrogen-bond acceptors (Lipinski definition) is 2. The molecule has 1 unspecified atom stereocenters. The molecule has 0 bridgehead atoms. The van der Waals surface area contributed by atoms with Crippen LogP contribution in [0.1, 0.15) is 33.9 Å². The molecule has 3 aromatic carbocycles. The van der Waals surface area contributed by atoms with Crippen LogP contribution in [0.25, 0.3) is 0 Å². The van der Waals surface area contributed by atoms with E-state index in [-0.39, 0.29) is 11.8 Å². The maximum atomic E-state index is 12.7. The molecular formula is C22H20BrNO. The third-order valence-electron chi connectivity index (χ3n) is 4.13. The Morgan fingerprint density at radius 3 is 2.36 bits per heavy atom. The number of ketones is 1. The Kier molecular flexibility index (Phi) is 5.67. The summed E-state index contributed by atoms with van der Waals surface area (Å²) in [5.41, 5.74) is 3.99. The number of nitrogens with one attached hydrogen (secondary N) is 1. The highest BCUT2D eigenvalue weighted by molar-refractivity contribution is 9.10. The molecule has 0 aliphatic heterocycles. The first-order valence-corrected chi connectivity index (χ1v) is 9.08. The lowest BCUT2D eigenvalue weighted by atomic mass is 9.97. The predicted octanol–water partition coefficient (Wildman–Crippen LogP) is 6.18. The van der Waals surface area contributed by atoms with Crippen molar-refractivity contribution in [3.05, 3.63) is 100 Å². The summed E-state index contributed by atoms with van der Waals surface area (Å²) in [6, 6.07) is 25.8. The molecule has 3 rings (SSSR count). The molecule has 0 spiro atoms. The van der Waals surface area contributed by atoms with E-state index in [2.05, 4.69) is 33.4 Å². The molecule has 3 aromatic rings. The van der Waals surface area contributed by atoms with Crippen molar-refractivity contribution in [2.75, 3.05) is 5.32 Å². The molecule has 0 aliphatic rings. The van der Waals surface area contributed by atoms with Crippen LogP contribution in [0.3, 0.4) is 0 Å². The molecule has 25 heavy (non-hydrogen) atoms. The summed E-state index contributed by atoms with van der Waals surface area (Å²) in [5, 5.41) is 3.50. The highest BCUT2D eigenvalue weighted by Gasteiger charge is 2.17. The Balaban J connectivity index is 1.83. The molecule has 0 aromatic heterocycles. The van der Waals surface area contributed by atoms with Gasteiger partial charge in [-0.1, -0.05) is 82.2 Å². The van der Waals surface area contributed by atoms with Gasteiger partial charge in [-0.05, 0) is 30.7 Å². The summed E-state index contributed by atoms with van der Waals surface area (Å²) in [6.45, 7) is 2.02. The number of hydrogen-bond donors (Lipinski definition) is 1. The zero-order chi connectivity index (χ0) is 17.6. The van der Waals surface area contributed by atoms with Crippen molar-refractivity contribution in [1.82, 2.24) is 0 Å². The monoisotopic (exact) mass is 393 g/mol. The zero-order valence-corrected chi connectivity index (χ0v) is 15.7. The van der Waals surface area contributed by atoms with Crippen LogP contribution < -0.4 is 5.32 Å². The SMILES string of the molecule is Cc1ccc(C(=O)CC(Nc2cccc(Br)c2)c2ccccc2)cc1. The molecular weight excluding hydrogens is 374 g/mol. The first-order chi connectivity index (χ1) is 12.1. The third kappa shape index (κ3) is 4.80. The maximum absolute atomic E-state index is 12.7. The van der Waals surface area contributed by atoms with Gasteiger partial charge in [-0.3, -0.25) is 4.79 Å². The van der Waals surface area contributed by atoms with E-state index in [1.165, 1.54) is 0 Å². The number of carbonyl (C=O) groups excluding carboxylic acids is 1. The Morgan fingerprint density at radius 1 is 0.960 bits per heavy atom. The van der Waals surface area contributed by atoms with Gasteiger partial charge in [0.05, 0.1) is 6.04 Å². The molecule has 1 N–H and O–H groups in total. The number of halogens is 1. The van der Waals surface area contributed by atoms with E-state index in [0.29, 0.717) is 6.42 Å². The lowest BCUT2D eigenvalue weighted by molar-refractivity contribution is 0.0976. The fraction of sp³-hybridized carbons (Fsp3) is 0.136. The predicted molar refractivity (Wildman–Crippen MR) is 107 cm³/mol. The van der Waals surface area contributed by atoms with Crippen molar-refractivity contribution in [1.29, 1.82) is 0 Å². The van der Waals surface area contributed by atoms with E-state index in [9.17, 15) is 4.79 Å². The second-order valence-corrected chi connectivity index (χ2v) is 7.03. The molecule has 2 nitrogen and oxygen atoms in total. The number of Topliss-reactive ketones (excluding diaryl/α,β-unsaturated/α-hetero) is 1. The quantitative estimate of drug-likeness (QED) is 0.506. The van der Waals surface area contributed by atoms with Crippen molar-refractivity contribution >= 4 is 27.4 Å². The van der Waals surface area contributed by atoms with Gasteiger partial charge in [-0.2, -0.15) is 0 Å². The first-order valence-electron chi connectivity index (χ1n) is 8.29. The molecule has 1 atom stereocenters. The summed E-state index contributed by atoms with van der Waals surface area (Å²) < 4.78 is 1.01.